The molecule has 0 spiro atoms. The van der Waals surface area contributed by atoms with Crippen LogP contribution in [0.4, 0.5) is 0 Å². The van der Waals surface area contributed by atoms with Gasteiger partial charge in [0.05, 0.1) is 16.3 Å². The molecule has 7 heteroatoms. The van der Waals surface area contributed by atoms with Gasteiger partial charge in [-0.1, -0.05) is 12.1 Å². The summed E-state index contributed by atoms with van der Waals surface area (Å²) in [5.41, 5.74) is 0.935. The number of nitrogens with zero attached hydrogens (tertiary/aromatic N) is 3. The van der Waals surface area contributed by atoms with E-state index >= 15 is 0 Å². The molecule has 3 aromatic rings. The van der Waals surface area contributed by atoms with E-state index in [0.717, 1.165) is 21.8 Å². The lowest BCUT2D eigenvalue weighted by atomic mass is 10.1. The summed E-state index contributed by atoms with van der Waals surface area (Å²) in [6, 6.07) is 11.7. The fraction of sp³-hybridized carbons (Fsp3) is 0.400. The number of thiazole rings is 1. The van der Waals surface area contributed by atoms with Gasteiger partial charge >= 0.3 is 0 Å². The summed E-state index contributed by atoms with van der Waals surface area (Å²) in [6.45, 7) is 6.51. The minimum atomic E-state index is -0.365. The number of β-amino-alcohol motifs (C(OH)–C–C–N with tert-alkyl or cyclic N) is 1. The van der Waals surface area contributed by atoms with E-state index in [4.69, 9.17) is 4.42 Å². The molecule has 3 heterocycles. The van der Waals surface area contributed by atoms with Crippen LogP contribution in [0, 0.1) is 0 Å². The number of amides is 1. The molecule has 142 valence electrons. The second-order valence-electron chi connectivity index (χ2n) is 7.09. The first kappa shape index (κ1) is 18.2. The van der Waals surface area contributed by atoms with Crippen LogP contribution >= 0.6 is 11.3 Å². The topological polar surface area (TPSA) is 69.8 Å². The quantitative estimate of drug-likeness (QED) is 0.747. The van der Waals surface area contributed by atoms with Crippen LogP contribution in [0.5, 0.6) is 0 Å². The Balaban J connectivity index is 1.47. The Hall–Kier alpha value is -2.22. The average Bonchev–Trinajstić information content (AvgIpc) is 3.29. The van der Waals surface area contributed by atoms with Crippen molar-refractivity contribution in [3.8, 4) is 10.8 Å². The van der Waals surface area contributed by atoms with Gasteiger partial charge in [-0.25, -0.2) is 4.98 Å². The van der Waals surface area contributed by atoms with E-state index in [1.165, 1.54) is 0 Å². The molecule has 1 N–H and O–H groups in total. The molecule has 1 saturated heterocycles. The summed E-state index contributed by atoms with van der Waals surface area (Å²) in [7, 11) is 0. The number of aliphatic hydroxyl groups is 1. The highest BCUT2D eigenvalue weighted by atomic mass is 32.1. The third kappa shape index (κ3) is 3.76. The van der Waals surface area contributed by atoms with Crippen molar-refractivity contribution in [2.24, 2.45) is 0 Å². The molecule has 1 fully saturated rings. The summed E-state index contributed by atoms with van der Waals surface area (Å²) < 4.78 is 6.94. The average molecular weight is 385 g/mol. The van der Waals surface area contributed by atoms with Crippen LogP contribution in [-0.4, -0.2) is 64.1 Å². The number of fused-ring (bicyclic) bond motifs is 1. The highest BCUT2D eigenvalue weighted by Gasteiger charge is 2.29. The van der Waals surface area contributed by atoms with E-state index < -0.39 is 0 Å². The van der Waals surface area contributed by atoms with Crippen molar-refractivity contribution in [2.45, 2.75) is 26.0 Å². The molecule has 1 aromatic carbocycles. The molecule has 27 heavy (non-hydrogen) atoms. The molecule has 1 aliphatic heterocycles. The molecule has 2 aromatic heterocycles. The van der Waals surface area contributed by atoms with Crippen LogP contribution in [-0.2, 0) is 0 Å². The van der Waals surface area contributed by atoms with Crippen LogP contribution in [0.2, 0.25) is 0 Å². The fourth-order valence-electron chi connectivity index (χ4n) is 3.49. The number of hydrogen-bond donors (Lipinski definition) is 1. The minimum absolute atomic E-state index is 0.0918. The lowest BCUT2D eigenvalue weighted by molar-refractivity contribution is 0.0346. The molecular formula is C20H23N3O3S. The number of benzene rings is 1. The molecule has 1 aliphatic rings. The number of hydrogen-bond acceptors (Lipinski definition) is 6. The summed E-state index contributed by atoms with van der Waals surface area (Å²) in [6.07, 6.45) is -0.365. The van der Waals surface area contributed by atoms with E-state index in [0.29, 0.717) is 31.2 Å². The van der Waals surface area contributed by atoms with Crippen molar-refractivity contribution in [3.63, 3.8) is 0 Å². The Labute approximate surface area is 162 Å². The first-order valence-electron chi connectivity index (χ1n) is 9.18. The zero-order valence-corrected chi connectivity index (χ0v) is 16.3. The number of rotatable bonds is 4. The minimum Gasteiger partial charge on any atom is -0.448 e. The summed E-state index contributed by atoms with van der Waals surface area (Å²) in [4.78, 5) is 21.5. The lowest BCUT2D eigenvalue weighted by Gasteiger charge is -2.40. The monoisotopic (exact) mass is 385 g/mol. The van der Waals surface area contributed by atoms with Crippen molar-refractivity contribution in [1.82, 2.24) is 14.8 Å². The molecule has 6 nitrogen and oxygen atoms in total. The van der Waals surface area contributed by atoms with Gasteiger partial charge in [-0.3, -0.25) is 9.69 Å². The van der Waals surface area contributed by atoms with E-state index in [1.807, 2.05) is 35.2 Å². The maximum Gasteiger partial charge on any atom is 0.289 e. The predicted molar refractivity (Wildman–Crippen MR) is 106 cm³/mol. The van der Waals surface area contributed by atoms with Crippen molar-refractivity contribution in [3.05, 3.63) is 42.2 Å². The number of carbonyl (C=O) groups excluding carboxylic acids is 1. The molecule has 0 aliphatic carbocycles. The normalized spacial score (nSPS) is 19.5. The van der Waals surface area contributed by atoms with E-state index in [1.54, 1.807) is 24.3 Å². The Morgan fingerprint density at radius 1 is 1.33 bits per heavy atom. The number of furan rings is 1. The Bertz CT molecular complexity index is 916. The maximum absolute atomic E-state index is 12.8. The molecule has 0 radical (unpaired) electrons. The Kier molecular flexibility index (Phi) is 4.99. The second-order valence-corrected chi connectivity index (χ2v) is 8.13. The molecule has 0 bridgehead atoms. The number of piperazine rings is 1. The maximum atomic E-state index is 12.8. The van der Waals surface area contributed by atoms with Crippen molar-refractivity contribution in [2.75, 3.05) is 26.2 Å². The zero-order chi connectivity index (χ0) is 19.0. The van der Waals surface area contributed by atoms with E-state index in [2.05, 4.69) is 16.8 Å². The molecular weight excluding hydrogens is 362 g/mol. The van der Waals surface area contributed by atoms with Gasteiger partial charge in [0.2, 0.25) is 0 Å². The molecule has 4 rings (SSSR count). The second kappa shape index (κ2) is 7.42. The highest BCUT2D eigenvalue weighted by molar-refractivity contribution is 7.21. The number of para-hydroxylation sites is 1. The largest absolute Gasteiger partial charge is 0.448 e. The Morgan fingerprint density at radius 2 is 2.15 bits per heavy atom. The van der Waals surface area contributed by atoms with Crippen molar-refractivity contribution in [1.29, 1.82) is 0 Å². The molecule has 0 unspecified atom stereocenters. The number of aromatic nitrogens is 1. The third-order valence-corrected chi connectivity index (χ3v) is 5.92. The summed E-state index contributed by atoms with van der Waals surface area (Å²) in [5, 5.41) is 10.4. The fourth-order valence-corrected chi connectivity index (χ4v) is 4.42. The van der Waals surface area contributed by atoms with Gasteiger partial charge in [-0.05, 0) is 38.1 Å². The zero-order valence-electron chi connectivity index (χ0n) is 15.5. The van der Waals surface area contributed by atoms with Crippen molar-refractivity contribution < 1.29 is 14.3 Å². The molecule has 1 amide bonds. The van der Waals surface area contributed by atoms with E-state index in [-0.39, 0.29) is 18.1 Å². The summed E-state index contributed by atoms with van der Waals surface area (Å²) in [5.74, 6) is 0.881. The lowest BCUT2D eigenvalue weighted by Crippen LogP contribution is -2.54. The number of aliphatic hydroxyl groups excluding tert-OH is 1. The van der Waals surface area contributed by atoms with Crippen LogP contribution in [0.1, 0.15) is 24.4 Å². The van der Waals surface area contributed by atoms with Crippen LogP contribution in [0.25, 0.3) is 21.0 Å². The predicted octanol–water partition coefficient (Wildman–Crippen LogP) is 3.08. The highest BCUT2D eigenvalue weighted by Crippen LogP contribution is 2.31. The molecule has 2 atom stereocenters. The van der Waals surface area contributed by atoms with Gasteiger partial charge in [0, 0.05) is 32.2 Å². The smallest absolute Gasteiger partial charge is 0.289 e. The summed E-state index contributed by atoms with van der Waals surface area (Å²) >= 11 is 1.56. The van der Waals surface area contributed by atoms with Crippen molar-refractivity contribution >= 4 is 27.5 Å². The van der Waals surface area contributed by atoms with Crippen LogP contribution in [0.3, 0.4) is 0 Å². The van der Waals surface area contributed by atoms with Gasteiger partial charge in [-0.2, -0.15) is 0 Å². The van der Waals surface area contributed by atoms with Gasteiger partial charge < -0.3 is 14.4 Å². The Morgan fingerprint density at radius 3 is 2.89 bits per heavy atom. The first-order chi connectivity index (χ1) is 13.0. The van der Waals surface area contributed by atoms with Gasteiger partial charge in [0.15, 0.2) is 16.5 Å². The van der Waals surface area contributed by atoms with Gasteiger partial charge in [-0.15, -0.1) is 11.3 Å². The first-order valence-corrected chi connectivity index (χ1v) is 10.00. The van der Waals surface area contributed by atoms with Crippen LogP contribution in [0.15, 0.2) is 40.8 Å². The standard InChI is InChI=1S/C20H23N3O3S/c1-13-11-23(10-9-22(13)12-14(2)24)20(25)17-8-7-16(26-17)19-21-15-5-3-4-6-18(15)27-19/h3-8,13-14,24H,9-12H2,1-2H3/t13-,14+/m1/s1. The van der Waals surface area contributed by atoms with E-state index in [9.17, 15) is 9.90 Å². The van der Waals surface area contributed by atoms with Gasteiger partial charge in [0.25, 0.3) is 5.91 Å². The van der Waals surface area contributed by atoms with Gasteiger partial charge in [0.1, 0.15) is 0 Å². The molecule has 0 saturated carbocycles. The van der Waals surface area contributed by atoms with Crippen LogP contribution < -0.4 is 0 Å². The third-order valence-electron chi connectivity index (χ3n) is 4.87. The SMILES string of the molecule is C[C@H](O)CN1CCN(C(=O)c2ccc(-c3nc4ccccc4s3)o2)C[C@H]1C. The number of carbonyl (C=O) groups is 1.